The molecule has 3 aromatic carbocycles. The predicted octanol–water partition coefficient (Wildman–Crippen LogP) is 6.39. The monoisotopic (exact) mass is 387 g/mol. The van der Waals surface area contributed by atoms with Crippen molar-refractivity contribution in [3.63, 3.8) is 0 Å². The van der Waals surface area contributed by atoms with Crippen molar-refractivity contribution in [2.45, 2.75) is 19.3 Å². The van der Waals surface area contributed by atoms with Crippen LogP contribution in [0.2, 0.25) is 0 Å². The molecule has 0 spiro atoms. The van der Waals surface area contributed by atoms with Crippen LogP contribution in [0.3, 0.4) is 0 Å². The number of imidazole rings is 1. The lowest BCUT2D eigenvalue weighted by Crippen LogP contribution is -2.26. The van der Waals surface area contributed by atoms with Gasteiger partial charge in [0.2, 0.25) is 0 Å². The topological polar surface area (TPSA) is 30.7 Å². The van der Waals surface area contributed by atoms with Crippen LogP contribution < -0.4 is 0 Å². The van der Waals surface area contributed by atoms with E-state index in [4.69, 9.17) is 4.98 Å². The average Bonchev–Trinajstić information content (AvgIpc) is 3.19. The Labute approximate surface area is 175 Å². The van der Waals surface area contributed by atoms with Gasteiger partial charge < -0.3 is 0 Å². The van der Waals surface area contributed by atoms with Gasteiger partial charge >= 0.3 is 0 Å². The van der Waals surface area contributed by atoms with Crippen LogP contribution in [0.15, 0.2) is 91.1 Å². The SMILES string of the molecule is CC1(C)c2cc(-c3ccccc3)ccc2-n2c(-c3ccccn3)nc3cccc1c32. The van der Waals surface area contributed by atoms with Gasteiger partial charge in [-0.2, -0.15) is 0 Å². The summed E-state index contributed by atoms with van der Waals surface area (Å²) in [5, 5.41) is 0. The van der Waals surface area contributed by atoms with Gasteiger partial charge in [-0.3, -0.25) is 9.55 Å². The Morgan fingerprint density at radius 3 is 2.37 bits per heavy atom. The molecule has 6 rings (SSSR count). The van der Waals surface area contributed by atoms with Gasteiger partial charge in [0.1, 0.15) is 5.69 Å². The Morgan fingerprint density at radius 2 is 1.57 bits per heavy atom. The van der Waals surface area contributed by atoms with Crippen molar-refractivity contribution in [2.75, 3.05) is 0 Å². The molecule has 3 heteroatoms. The molecule has 144 valence electrons. The molecule has 1 aliphatic heterocycles. The minimum Gasteiger partial charge on any atom is -0.290 e. The Kier molecular flexibility index (Phi) is 3.51. The molecule has 0 saturated carbocycles. The summed E-state index contributed by atoms with van der Waals surface area (Å²) in [6, 6.07) is 29.8. The van der Waals surface area contributed by atoms with E-state index in [9.17, 15) is 0 Å². The molecule has 0 fully saturated rings. The normalized spacial score (nSPS) is 13.9. The first-order chi connectivity index (χ1) is 14.6. The summed E-state index contributed by atoms with van der Waals surface area (Å²) in [4.78, 5) is 9.60. The molecule has 0 N–H and O–H groups in total. The maximum absolute atomic E-state index is 5.00. The minimum absolute atomic E-state index is 0.128. The first kappa shape index (κ1) is 17.2. The van der Waals surface area contributed by atoms with Crippen LogP contribution >= 0.6 is 0 Å². The molecule has 0 atom stereocenters. The Morgan fingerprint density at radius 1 is 0.733 bits per heavy atom. The summed E-state index contributed by atoms with van der Waals surface area (Å²) < 4.78 is 2.29. The van der Waals surface area contributed by atoms with E-state index in [-0.39, 0.29) is 5.41 Å². The van der Waals surface area contributed by atoms with Crippen LogP contribution in [-0.4, -0.2) is 14.5 Å². The second kappa shape index (κ2) is 6.14. The van der Waals surface area contributed by atoms with Crippen molar-refractivity contribution < 1.29 is 0 Å². The molecule has 0 amide bonds. The molecular weight excluding hydrogens is 366 g/mol. The van der Waals surface area contributed by atoms with Crippen molar-refractivity contribution in [3.05, 3.63) is 102 Å². The molecule has 30 heavy (non-hydrogen) atoms. The third-order valence-corrected chi connectivity index (χ3v) is 6.26. The molecule has 2 aromatic heterocycles. The number of pyridine rings is 1. The smallest absolute Gasteiger partial charge is 0.164 e. The third kappa shape index (κ3) is 2.32. The van der Waals surface area contributed by atoms with E-state index >= 15 is 0 Å². The lowest BCUT2D eigenvalue weighted by atomic mass is 9.74. The molecule has 5 aromatic rings. The van der Waals surface area contributed by atoms with Gasteiger partial charge in [0, 0.05) is 11.6 Å². The first-order valence-electron chi connectivity index (χ1n) is 10.3. The molecule has 3 heterocycles. The van der Waals surface area contributed by atoms with Gasteiger partial charge in [0.15, 0.2) is 5.82 Å². The summed E-state index contributed by atoms with van der Waals surface area (Å²) in [6.07, 6.45) is 1.83. The number of rotatable bonds is 2. The fraction of sp³-hybridized carbons (Fsp3) is 0.111. The number of hydrogen-bond donors (Lipinski definition) is 0. The summed E-state index contributed by atoms with van der Waals surface area (Å²) in [5.41, 5.74) is 9.21. The van der Waals surface area contributed by atoms with Crippen molar-refractivity contribution in [3.8, 4) is 28.3 Å². The second-order valence-corrected chi connectivity index (χ2v) is 8.38. The van der Waals surface area contributed by atoms with Gasteiger partial charge in [-0.05, 0) is 52.6 Å². The zero-order valence-corrected chi connectivity index (χ0v) is 17.0. The standard InChI is InChI=1S/C27H21N3/c1-27(2)20-11-8-13-22-25(20)30(26(29-22)23-12-6-7-16-28-23)24-15-14-19(17-21(24)27)18-9-4-3-5-10-18/h3-17H,1-2H3. The lowest BCUT2D eigenvalue weighted by molar-refractivity contribution is 0.629. The average molecular weight is 387 g/mol. The molecular formula is C27H21N3. The minimum atomic E-state index is -0.128. The number of aromatic nitrogens is 3. The molecule has 0 saturated heterocycles. The molecule has 0 radical (unpaired) electrons. The van der Waals surface area contributed by atoms with Gasteiger partial charge in [0.05, 0.1) is 16.7 Å². The summed E-state index contributed by atoms with van der Waals surface area (Å²) in [5.74, 6) is 0.891. The summed E-state index contributed by atoms with van der Waals surface area (Å²) >= 11 is 0. The molecule has 0 aliphatic carbocycles. The highest BCUT2D eigenvalue weighted by molar-refractivity contribution is 5.90. The third-order valence-electron chi connectivity index (χ3n) is 6.26. The van der Waals surface area contributed by atoms with E-state index in [1.54, 1.807) is 0 Å². The molecule has 3 nitrogen and oxygen atoms in total. The van der Waals surface area contributed by atoms with Crippen LogP contribution in [0.1, 0.15) is 25.0 Å². The van der Waals surface area contributed by atoms with Gasteiger partial charge in [-0.25, -0.2) is 4.98 Å². The highest BCUT2D eigenvalue weighted by Crippen LogP contribution is 2.46. The fourth-order valence-corrected chi connectivity index (χ4v) is 4.72. The van der Waals surface area contributed by atoms with Crippen molar-refractivity contribution in [1.29, 1.82) is 0 Å². The van der Waals surface area contributed by atoms with E-state index in [1.165, 1.54) is 33.5 Å². The van der Waals surface area contributed by atoms with Crippen LogP contribution in [-0.2, 0) is 5.41 Å². The fourth-order valence-electron chi connectivity index (χ4n) is 4.72. The highest BCUT2D eigenvalue weighted by atomic mass is 15.1. The van der Waals surface area contributed by atoms with Gasteiger partial charge in [-0.1, -0.05) is 68.4 Å². The second-order valence-electron chi connectivity index (χ2n) is 8.38. The summed E-state index contributed by atoms with van der Waals surface area (Å²) in [7, 11) is 0. The highest BCUT2D eigenvalue weighted by Gasteiger charge is 2.36. The number of fused-ring (bicyclic) bond motifs is 2. The summed E-state index contributed by atoms with van der Waals surface area (Å²) in [6.45, 7) is 4.62. The molecule has 0 bridgehead atoms. The Bertz CT molecular complexity index is 1400. The van der Waals surface area contributed by atoms with Crippen molar-refractivity contribution in [1.82, 2.24) is 14.5 Å². The maximum Gasteiger partial charge on any atom is 0.164 e. The van der Waals surface area contributed by atoms with E-state index < -0.39 is 0 Å². The van der Waals surface area contributed by atoms with Gasteiger partial charge in [-0.15, -0.1) is 0 Å². The van der Waals surface area contributed by atoms with Crippen LogP contribution in [0.25, 0.3) is 39.4 Å². The van der Waals surface area contributed by atoms with E-state index in [0.29, 0.717) is 0 Å². The van der Waals surface area contributed by atoms with Crippen LogP contribution in [0.4, 0.5) is 0 Å². The van der Waals surface area contributed by atoms with E-state index in [1.807, 2.05) is 24.4 Å². The Balaban J connectivity index is 1.70. The number of benzene rings is 3. The quantitative estimate of drug-likeness (QED) is 0.351. The van der Waals surface area contributed by atoms with Crippen LogP contribution in [0, 0.1) is 0 Å². The van der Waals surface area contributed by atoms with E-state index in [2.05, 4.69) is 90.1 Å². The predicted molar refractivity (Wildman–Crippen MR) is 122 cm³/mol. The number of nitrogens with zero attached hydrogens (tertiary/aromatic N) is 3. The number of para-hydroxylation sites is 1. The lowest BCUT2D eigenvalue weighted by Gasteiger charge is -2.35. The zero-order chi connectivity index (χ0) is 20.3. The van der Waals surface area contributed by atoms with Crippen molar-refractivity contribution >= 4 is 11.0 Å². The van der Waals surface area contributed by atoms with Crippen LogP contribution in [0.5, 0.6) is 0 Å². The molecule has 1 aliphatic rings. The largest absolute Gasteiger partial charge is 0.290 e. The zero-order valence-electron chi connectivity index (χ0n) is 17.0. The first-order valence-corrected chi connectivity index (χ1v) is 10.3. The Hall–Kier alpha value is -3.72. The van der Waals surface area contributed by atoms with E-state index in [0.717, 1.165) is 17.0 Å². The van der Waals surface area contributed by atoms with Crippen molar-refractivity contribution in [2.24, 2.45) is 0 Å². The molecule has 0 unspecified atom stereocenters. The maximum atomic E-state index is 5.00. The number of hydrogen-bond acceptors (Lipinski definition) is 2. The van der Waals surface area contributed by atoms with Gasteiger partial charge in [0.25, 0.3) is 0 Å².